The van der Waals surface area contributed by atoms with E-state index < -0.39 is 11.6 Å². The summed E-state index contributed by atoms with van der Waals surface area (Å²) in [6.07, 6.45) is 4.27. The molecule has 4 heterocycles. The molecule has 2 aromatic heterocycles. The first-order chi connectivity index (χ1) is 14.4. The van der Waals surface area contributed by atoms with Gasteiger partial charge in [0.25, 0.3) is 5.91 Å². The average molecular weight is 409 g/mol. The Balaban J connectivity index is 1.50. The predicted molar refractivity (Wildman–Crippen MR) is 111 cm³/mol. The molecule has 2 aliphatic rings. The lowest BCUT2D eigenvalue weighted by Gasteiger charge is -2.36. The Morgan fingerprint density at radius 1 is 1.27 bits per heavy atom. The Kier molecular flexibility index (Phi) is 4.47. The molecule has 2 aliphatic heterocycles. The number of rotatable bonds is 3. The number of nitrogens with one attached hydrogen (secondary N) is 2. The van der Waals surface area contributed by atoms with Gasteiger partial charge in [0, 0.05) is 23.7 Å². The molecule has 0 aliphatic carbocycles. The van der Waals surface area contributed by atoms with Crippen molar-refractivity contribution >= 4 is 16.9 Å². The van der Waals surface area contributed by atoms with E-state index in [1.54, 1.807) is 12.1 Å². The number of nitrogens with zero attached hydrogens (tertiary/aromatic N) is 3. The van der Waals surface area contributed by atoms with Crippen molar-refractivity contribution in [3.63, 3.8) is 0 Å². The van der Waals surface area contributed by atoms with E-state index in [1.165, 1.54) is 25.0 Å². The maximum absolute atomic E-state index is 13.9. The highest BCUT2D eigenvalue weighted by Gasteiger charge is 2.39. The zero-order valence-electron chi connectivity index (χ0n) is 16.9. The van der Waals surface area contributed by atoms with E-state index in [2.05, 4.69) is 32.4 Å². The summed E-state index contributed by atoms with van der Waals surface area (Å²) in [5.41, 5.74) is 2.56. The van der Waals surface area contributed by atoms with Crippen molar-refractivity contribution < 1.29 is 14.3 Å². The Labute approximate surface area is 173 Å². The minimum atomic E-state index is -0.733. The fourth-order valence-electron chi connectivity index (χ4n) is 4.97. The van der Waals surface area contributed by atoms with Crippen LogP contribution < -0.4 is 5.32 Å². The first-order valence-corrected chi connectivity index (χ1v) is 10.3. The van der Waals surface area contributed by atoms with E-state index >= 15 is 0 Å². The number of hydrogen-bond acceptors (Lipinski definition) is 5. The molecule has 2 fully saturated rings. The minimum Gasteiger partial charge on any atom is -0.505 e. The van der Waals surface area contributed by atoms with Crippen LogP contribution in [0.4, 0.5) is 4.39 Å². The lowest BCUT2D eigenvalue weighted by atomic mass is 9.97. The third kappa shape index (κ3) is 3.11. The standard InChI is InChI=1S/C22H24FN5O2/c1-11-20-16(22(30)24-13-8-14-4-5-15(9-13)28(14)2)10-18(25-21(20)27-26-11)12-3-6-19(29)17(23)7-12/h3,6-7,10,13-15,29H,4-5,8-9H2,1-2H3,(H,24,30)(H,25,26,27). The van der Waals surface area contributed by atoms with Crippen LogP contribution in [0.15, 0.2) is 24.3 Å². The molecule has 156 valence electrons. The Morgan fingerprint density at radius 3 is 2.70 bits per heavy atom. The van der Waals surface area contributed by atoms with Crippen LogP contribution in [0.3, 0.4) is 0 Å². The monoisotopic (exact) mass is 409 g/mol. The minimum absolute atomic E-state index is 0.135. The SMILES string of the molecule is Cc1n[nH]c2nc(-c3ccc(O)c(F)c3)cc(C(=O)NC3CC4CCC(C3)N4C)c12. The van der Waals surface area contributed by atoms with Crippen LogP contribution in [0.1, 0.15) is 41.7 Å². The van der Waals surface area contributed by atoms with Gasteiger partial charge in [-0.3, -0.25) is 9.89 Å². The topological polar surface area (TPSA) is 94.1 Å². The van der Waals surface area contributed by atoms with Gasteiger partial charge in [-0.25, -0.2) is 9.37 Å². The first kappa shape index (κ1) is 19.0. The van der Waals surface area contributed by atoms with E-state index in [0.29, 0.717) is 45.6 Å². The van der Waals surface area contributed by atoms with E-state index in [-0.39, 0.29) is 11.9 Å². The summed E-state index contributed by atoms with van der Waals surface area (Å²) in [7, 11) is 2.17. The van der Waals surface area contributed by atoms with Crippen LogP contribution in [0, 0.1) is 12.7 Å². The summed E-state index contributed by atoms with van der Waals surface area (Å²) in [5, 5.41) is 20.4. The number of piperidine rings is 1. The van der Waals surface area contributed by atoms with Crippen molar-refractivity contribution in [2.45, 2.75) is 50.7 Å². The van der Waals surface area contributed by atoms with Crippen molar-refractivity contribution in [3.8, 4) is 17.0 Å². The van der Waals surface area contributed by atoms with Gasteiger partial charge in [0.1, 0.15) is 0 Å². The van der Waals surface area contributed by atoms with Crippen molar-refractivity contribution in [2.75, 3.05) is 7.05 Å². The quantitative estimate of drug-likeness (QED) is 0.618. The van der Waals surface area contributed by atoms with E-state index in [9.17, 15) is 14.3 Å². The van der Waals surface area contributed by atoms with Gasteiger partial charge in [0.15, 0.2) is 17.2 Å². The smallest absolute Gasteiger partial charge is 0.252 e. The molecule has 2 atom stereocenters. The number of H-pyrrole nitrogens is 1. The molecule has 3 aromatic rings. The second-order valence-corrected chi connectivity index (χ2v) is 8.45. The molecule has 2 bridgehead atoms. The molecule has 1 aromatic carbocycles. The Morgan fingerprint density at radius 2 is 2.00 bits per heavy atom. The largest absolute Gasteiger partial charge is 0.505 e. The van der Waals surface area contributed by atoms with Gasteiger partial charge >= 0.3 is 0 Å². The molecule has 8 heteroatoms. The Bertz CT molecular complexity index is 1130. The summed E-state index contributed by atoms with van der Waals surface area (Å²) in [5.74, 6) is -1.32. The number of phenols is 1. The van der Waals surface area contributed by atoms with Crippen LogP contribution in [-0.4, -0.2) is 56.3 Å². The zero-order chi connectivity index (χ0) is 21.0. The molecule has 1 amide bonds. The molecule has 0 radical (unpaired) electrons. The number of carbonyl (C=O) groups excluding carboxylic acids is 1. The number of aromatic hydroxyl groups is 1. The predicted octanol–water partition coefficient (Wildman–Crippen LogP) is 3.13. The first-order valence-electron chi connectivity index (χ1n) is 10.3. The van der Waals surface area contributed by atoms with Crippen molar-refractivity contribution in [1.29, 1.82) is 0 Å². The molecule has 7 nitrogen and oxygen atoms in total. The molecule has 0 spiro atoms. The van der Waals surface area contributed by atoms with Crippen molar-refractivity contribution in [2.24, 2.45) is 0 Å². The summed E-state index contributed by atoms with van der Waals surface area (Å²) in [6.45, 7) is 1.83. The van der Waals surface area contributed by atoms with Crippen molar-refractivity contribution in [3.05, 3.63) is 41.3 Å². The molecule has 2 unspecified atom stereocenters. The lowest BCUT2D eigenvalue weighted by Crippen LogP contribution is -2.48. The number of carbonyl (C=O) groups is 1. The number of pyridine rings is 1. The highest BCUT2D eigenvalue weighted by Crippen LogP contribution is 2.35. The number of fused-ring (bicyclic) bond motifs is 3. The summed E-state index contributed by atoms with van der Waals surface area (Å²) >= 11 is 0. The maximum atomic E-state index is 13.9. The highest BCUT2D eigenvalue weighted by molar-refractivity contribution is 6.07. The van der Waals surface area contributed by atoms with Gasteiger partial charge in [-0.05, 0) is 63.9 Å². The average Bonchev–Trinajstić information content (AvgIpc) is 3.17. The maximum Gasteiger partial charge on any atom is 0.252 e. The molecule has 5 rings (SSSR count). The molecule has 2 saturated heterocycles. The number of hydrogen-bond donors (Lipinski definition) is 3. The third-order valence-electron chi connectivity index (χ3n) is 6.63. The van der Waals surface area contributed by atoms with Gasteiger partial charge in [-0.1, -0.05) is 0 Å². The van der Waals surface area contributed by atoms with Crippen LogP contribution in [0.2, 0.25) is 0 Å². The van der Waals surface area contributed by atoms with Gasteiger partial charge < -0.3 is 15.3 Å². The molecular weight excluding hydrogens is 385 g/mol. The third-order valence-corrected chi connectivity index (χ3v) is 6.63. The van der Waals surface area contributed by atoms with Crippen LogP contribution in [0.5, 0.6) is 5.75 Å². The van der Waals surface area contributed by atoms with Gasteiger partial charge in [-0.15, -0.1) is 0 Å². The van der Waals surface area contributed by atoms with Crippen molar-refractivity contribution in [1.82, 2.24) is 25.4 Å². The van der Waals surface area contributed by atoms with Crippen LogP contribution in [0.25, 0.3) is 22.3 Å². The number of aryl methyl sites for hydroxylation is 1. The molecule has 3 N–H and O–H groups in total. The number of amides is 1. The van der Waals surface area contributed by atoms with E-state index in [4.69, 9.17) is 0 Å². The normalized spacial score (nSPS) is 23.8. The second-order valence-electron chi connectivity index (χ2n) is 8.45. The zero-order valence-corrected chi connectivity index (χ0v) is 16.9. The van der Waals surface area contributed by atoms with E-state index in [0.717, 1.165) is 12.8 Å². The molecule has 0 saturated carbocycles. The van der Waals surface area contributed by atoms with Gasteiger partial charge in [0.05, 0.1) is 22.3 Å². The summed E-state index contributed by atoms with van der Waals surface area (Å²) in [6, 6.07) is 6.93. The second kappa shape index (κ2) is 7.05. The fraction of sp³-hybridized carbons (Fsp3) is 0.409. The number of phenolic OH excluding ortho intramolecular Hbond substituents is 1. The van der Waals surface area contributed by atoms with Gasteiger partial charge in [-0.2, -0.15) is 5.10 Å². The molecular formula is C22H24FN5O2. The summed E-state index contributed by atoms with van der Waals surface area (Å²) < 4.78 is 13.9. The van der Waals surface area contributed by atoms with E-state index in [1.807, 2.05) is 6.92 Å². The number of aromatic amines is 1. The molecule has 30 heavy (non-hydrogen) atoms. The van der Waals surface area contributed by atoms with Gasteiger partial charge in [0.2, 0.25) is 0 Å². The number of benzene rings is 1. The van der Waals surface area contributed by atoms with Crippen LogP contribution in [-0.2, 0) is 0 Å². The number of halogens is 1. The van der Waals surface area contributed by atoms with Crippen LogP contribution >= 0.6 is 0 Å². The highest BCUT2D eigenvalue weighted by atomic mass is 19.1. The Hall–Kier alpha value is -3.00. The fourth-order valence-corrected chi connectivity index (χ4v) is 4.97. The number of aromatic nitrogens is 3. The lowest BCUT2D eigenvalue weighted by molar-refractivity contribution is 0.0884. The summed E-state index contributed by atoms with van der Waals surface area (Å²) in [4.78, 5) is 20.2.